The molecular weight excluding hydrogens is 217 g/mol. The Balaban J connectivity index is 2.62. The lowest BCUT2D eigenvalue weighted by molar-refractivity contribution is 0.0957. The predicted molar refractivity (Wildman–Crippen MR) is 55.6 cm³/mol. The molecule has 0 bridgehead atoms. The van der Waals surface area contributed by atoms with Crippen LogP contribution < -0.4 is 5.32 Å². The van der Waals surface area contributed by atoms with Crippen LogP contribution in [0, 0.1) is 6.92 Å². The molecule has 0 heterocycles. The molecule has 0 radical (unpaired) electrons. The van der Waals surface area contributed by atoms with Gasteiger partial charge in [-0.05, 0) is 19.1 Å². The number of hydrogen-bond acceptors (Lipinski definition) is 2. The Morgan fingerprint density at radius 2 is 1.87 bits per heavy atom. The van der Waals surface area contributed by atoms with Gasteiger partial charge in [0, 0.05) is 5.56 Å². The average molecular weight is 229 g/mol. The summed E-state index contributed by atoms with van der Waals surface area (Å²) in [7, 11) is -4.18. The van der Waals surface area contributed by atoms with E-state index in [1.54, 1.807) is 24.3 Å². The van der Waals surface area contributed by atoms with Gasteiger partial charge in [-0.1, -0.05) is 17.7 Å². The minimum Gasteiger partial charge on any atom is -0.340 e. The number of rotatable bonds is 3. The Morgan fingerprint density at radius 3 is 2.33 bits per heavy atom. The quantitative estimate of drug-likeness (QED) is 0.671. The maximum atomic E-state index is 11.3. The lowest BCUT2D eigenvalue weighted by Crippen LogP contribution is -2.24. The first kappa shape index (κ1) is 11.9. The van der Waals surface area contributed by atoms with Crippen molar-refractivity contribution in [1.82, 2.24) is 5.32 Å². The fourth-order valence-corrected chi connectivity index (χ4v) is 1.33. The van der Waals surface area contributed by atoms with Gasteiger partial charge in [-0.15, -0.1) is 0 Å². The van der Waals surface area contributed by atoms with E-state index in [-0.39, 0.29) is 0 Å². The summed E-state index contributed by atoms with van der Waals surface area (Å²) < 4.78 is 10.5. The molecule has 0 saturated carbocycles. The zero-order valence-electron chi connectivity index (χ0n) is 8.17. The summed E-state index contributed by atoms with van der Waals surface area (Å²) in [6.07, 6.45) is -0.639. The lowest BCUT2D eigenvalue weighted by atomic mass is 10.1. The molecule has 1 aromatic carbocycles. The maximum absolute atomic E-state index is 11.3. The normalized spacial score (nSPS) is 11.1. The molecule has 0 atom stereocenters. The highest BCUT2D eigenvalue weighted by molar-refractivity contribution is 7.51. The zero-order chi connectivity index (χ0) is 11.5. The van der Waals surface area contributed by atoms with Crippen molar-refractivity contribution >= 4 is 13.5 Å². The minimum atomic E-state index is -4.18. The summed E-state index contributed by atoms with van der Waals surface area (Å²) in [5.74, 6) is -0.488. The van der Waals surface area contributed by atoms with Gasteiger partial charge in [0.05, 0.1) is 0 Å². The van der Waals surface area contributed by atoms with Gasteiger partial charge < -0.3 is 15.1 Å². The monoisotopic (exact) mass is 229 g/mol. The van der Waals surface area contributed by atoms with Gasteiger partial charge in [0.25, 0.3) is 5.91 Å². The first-order chi connectivity index (χ1) is 6.88. The van der Waals surface area contributed by atoms with Crippen LogP contribution in [0.25, 0.3) is 0 Å². The standard InChI is InChI=1S/C9H12NO4P/c1-7-2-4-8(5-3-7)9(11)10-6-15(12,13)14/h2-5H,6H2,1H3,(H,10,11)(H2,12,13,14). The number of carbonyl (C=O) groups excluding carboxylic acids is 1. The lowest BCUT2D eigenvalue weighted by Gasteiger charge is -2.06. The highest BCUT2D eigenvalue weighted by Crippen LogP contribution is 2.31. The highest BCUT2D eigenvalue weighted by Gasteiger charge is 2.14. The van der Waals surface area contributed by atoms with E-state index in [1.807, 2.05) is 6.92 Å². The first-order valence-corrected chi connectivity index (χ1v) is 6.08. The van der Waals surface area contributed by atoms with Crippen molar-refractivity contribution in [3.05, 3.63) is 35.4 Å². The molecule has 0 aliphatic carbocycles. The van der Waals surface area contributed by atoms with Crippen molar-refractivity contribution in [1.29, 1.82) is 0 Å². The largest absolute Gasteiger partial charge is 0.344 e. The molecular formula is C9H12NO4P. The number of aryl methyl sites for hydroxylation is 1. The van der Waals surface area contributed by atoms with Crippen LogP contribution in [-0.2, 0) is 4.57 Å². The fraction of sp³-hybridized carbons (Fsp3) is 0.222. The summed E-state index contributed by atoms with van der Waals surface area (Å²) in [6, 6.07) is 6.72. The second-order valence-electron chi connectivity index (χ2n) is 3.19. The van der Waals surface area contributed by atoms with Crippen molar-refractivity contribution in [3.63, 3.8) is 0 Å². The van der Waals surface area contributed by atoms with Crippen molar-refractivity contribution < 1.29 is 19.1 Å². The van der Waals surface area contributed by atoms with E-state index in [0.29, 0.717) is 5.56 Å². The maximum Gasteiger partial charge on any atom is 0.344 e. The Labute approximate surface area is 87.3 Å². The molecule has 1 rings (SSSR count). The molecule has 82 valence electrons. The Kier molecular flexibility index (Phi) is 3.63. The van der Waals surface area contributed by atoms with Crippen LogP contribution in [0.15, 0.2) is 24.3 Å². The fourth-order valence-electron chi connectivity index (χ4n) is 0.982. The molecule has 0 fully saturated rings. The minimum absolute atomic E-state index is 0.383. The van der Waals surface area contributed by atoms with Gasteiger partial charge in [0.2, 0.25) is 0 Å². The van der Waals surface area contributed by atoms with Gasteiger partial charge in [-0.3, -0.25) is 9.36 Å². The van der Waals surface area contributed by atoms with Gasteiger partial charge in [-0.25, -0.2) is 0 Å². The van der Waals surface area contributed by atoms with E-state index in [9.17, 15) is 9.36 Å². The van der Waals surface area contributed by atoms with Crippen molar-refractivity contribution in [2.75, 3.05) is 6.29 Å². The molecule has 0 aromatic heterocycles. The van der Waals surface area contributed by atoms with E-state index in [0.717, 1.165) is 5.56 Å². The molecule has 0 aliphatic rings. The highest BCUT2D eigenvalue weighted by atomic mass is 31.2. The van der Waals surface area contributed by atoms with E-state index < -0.39 is 19.8 Å². The molecule has 1 amide bonds. The van der Waals surface area contributed by atoms with Crippen LogP contribution in [0.4, 0.5) is 0 Å². The Hall–Kier alpha value is -1.16. The van der Waals surface area contributed by atoms with Crippen LogP contribution in [0.2, 0.25) is 0 Å². The number of hydrogen-bond donors (Lipinski definition) is 3. The third-order valence-electron chi connectivity index (χ3n) is 1.76. The topological polar surface area (TPSA) is 86.6 Å². The third-order valence-corrected chi connectivity index (χ3v) is 2.33. The third kappa shape index (κ3) is 4.25. The van der Waals surface area contributed by atoms with Gasteiger partial charge >= 0.3 is 7.60 Å². The molecule has 0 spiro atoms. The van der Waals surface area contributed by atoms with Crippen LogP contribution in [-0.4, -0.2) is 22.0 Å². The van der Waals surface area contributed by atoms with Crippen molar-refractivity contribution in [3.8, 4) is 0 Å². The zero-order valence-corrected chi connectivity index (χ0v) is 9.07. The Morgan fingerprint density at radius 1 is 1.33 bits per heavy atom. The van der Waals surface area contributed by atoms with Gasteiger partial charge in [0.1, 0.15) is 6.29 Å². The summed E-state index contributed by atoms with van der Waals surface area (Å²) in [5.41, 5.74) is 1.40. The van der Waals surface area contributed by atoms with Gasteiger partial charge in [-0.2, -0.15) is 0 Å². The van der Waals surface area contributed by atoms with Crippen molar-refractivity contribution in [2.45, 2.75) is 6.92 Å². The Bertz CT molecular complexity index is 395. The number of nitrogens with one attached hydrogen (secondary N) is 1. The van der Waals surface area contributed by atoms with E-state index in [2.05, 4.69) is 5.32 Å². The summed E-state index contributed by atoms with van der Waals surface area (Å²) in [5, 5.41) is 2.16. The molecule has 15 heavy (non-hydrogen) atoms. The summed E-state index contributed by atoms with van der Waals surface area (Å²) >= 11 is 0. The van der Waals surface area contributed by atoms with E-state index >= 15 is 0 Å². The molecule has 0 aliphatic heterocycles. The van der Waals surface area contributed by atoms with Crippen LogP contribution in [0.5, 0.6) is 0 Å². The van der Waals surface area contributed by atoms with E-state index in [1.165, 1.54) is 0 Å². The smallest absolute Gasteiger partial charge is 0.340 e. The summed E-state index contributed by atoms with van der Waals surface area (Å²) in [6.45, 7) is 1.89. The summed E-state index contributed by atoms with van der Waals surface area (Å²) in [4.78, 5) is 28.5. The average Bonchev–Trinajstić information content (AvgIpc) is 2.14. The first-order valence-electron chi connectivity index (χ1n) is 4.28. The van der Waals surface area contributed by atoms with Crippen molar-refractivity contribution in [2.24, 2.45) is 0 Å². The molecule has 1 aromatic rings. The number of benzene rings is 1. The number of amides is 1. The van der Waals surface area contributed by atoms with Gasteiger partial charge in [0.15, 0.2) is 0 Å². The van der Waals surface area contributed by atoms with Crippen LogP contribution in [0.1, 0.15) is 15.9 Å². The van der Waals surface area contributed by atoms with Crippen LogP contribution >= 0.6 is 7.60 Å². The predicted octanol–water partition coefficient (Wildman–Crippen LogP) is 0.860. The van der Waals surface area contributed by atoms with E-state index in [4.69, 9.17) is 9.79 Å². The molecule has 6 heteroatoms. The second-order valence-corrected chi connectivity index (χ2v) is 4.84. The SMILES string of the molecule is Cc1ccc(C(=O)NCP(=O)(O)O)cc1. The molecule has 0 unspecified atom stereocenters. The van der Waals surface area contributed by atoms with Crippen LogP contribution in [0.3, 0.4) is 0 Å². The second kappa shape index (κ2) is 4.57. The number of carbonyl (C=O) groups is 1. The molecule has 3 N–H and O–H groups in total. The molecule has 5 nitrogen and oxygen atoms in total. The molecule has 0 saturated heterocycles.